The number of nitrogens with two attached hydrogens (primary N) is 1. The van der Waals surface area contributed by atoms with E-state index in [1.807, 2.05) is 13.8 Å². The lowest BCUT2D eigenvalue weighted by Gasteiger charge is -2.29. The fraction of sp³-hybridized carbons (Fsp3) is 0.588. The Bertz CT molecular complexity index is 419. The molecule has 0 saturated carbocycles. The highest BCUT2D eigenvalue weighted by molar-refractivity contribution is 5.77. The number of esters is 1. The highest BCUT2D eigenvalue weighted by Crippen LogP contribution is 2.28. The van der Waals surface area contributed by atoms with Crippen LogP contribution in [0.4, 0.5) is 0 Å². The molecule has 0 aromatic heterocycles. The predicted molar refractivity (Wildman–Crippen MR) is 82.6 cm³/mol. The summed E-state index contributed by atoms with van der Waals surface area (Å²) in [5, 5.41) is 0. The Morgan fingerprint density at radius 2 is 1.85 bits per heavy atom. The van der Waals surface area contributed by atoms with Crippen LogP contribution in [0.3, 0.4) is 0 Å². The third-order valence-electron chi connectivity index (χ3n) is 3.96. The molecule has 0 aliphatic heterocycles. The van der Waals surface area contributed by atoms with Crippen molar-refractivity contribution in [2.75, 3.05) is 13.2 Å². The average molecular weight is 277 g/mol. The first-order valence-electron chi connectivity index (χ1n) is 7.45. The molecule has 3 heteroatoms. The molecule has 2 N–H and O–H groups in total. The van der Waals surface area contributed by atoms with Crippen LogP contribution in [0.25, 0.3) is 0 Å². The number of ether oxygens (including phenoxy) is 1. The van der Waals surface area contributed by atoms with E-state index in [-0.39, 0.29) is 5.97 Å². The number of rotatable bonds is 7. The molecule has 0 radical (unpaired) electrons. The SMILES string of the molecule is CCOC(=O)C(CC)(CN)Cc1ccc(C(C)C)cc1. The van der Waals surface area contributed by atoms with Crippen molar-refractivity contribution in [3.63, 3.8) is 0 Å². The largest absolute Gasteiger partial charge is 0.466 e. The van der Waals surface area contributed by atoms with Gasteiger partial charge in [-0.3, -0.25) is 4.79 Å². The van der Waals surface area contributed by atoms with Gasteiger partial charge in [-0.05, 0) is 36.8 Å². The normalized spacial score (nSPS) is 14.1. The van der Waals surface area contributed by atoms with Gasteiger partial charge in [0.2, 0.25) is 0 Å². The molecule has 1 aromatic rings. The van der Waals surface area contributed by atoms with E-state index in [1.165, 1.54) is 5.56 Å². The second-order valence-corrected chi connectivity index (χ2v) is 5.63. The molecular formula is C17H27NO2. The van der Waals surface area contributed by atoms with Crippen LogP contribution in [0.15, 0.2) is 24.3 Å². The summed E-state index contributed by atoms with van der Waals surface area (Å²) in [5.41, 5.74) is 7.71. The summed E-state index contributed by atoms with van der Waals surface area (Å²) >= 11 is 0. The quantitative estimate of drug-likeness (QED) is 0.778. The molecule has 0 fully saturated rings. The van der Waals surface area contributed by atoms with Gasteiger partial charge in [-0.25, -0.2) is 0 Å². The van der Waals surface area contributed by atoms with E-state index in [0.29, 0.717) is 31.9 Å². The average Bonchev–Trinajstić information content (AvgIpc) is 2.45. The molecule has 112 valence electrons. The molecule has 0 amide bonds. The van der Waals surface area contributed by atoms with Crippen LogP contribution >= 0.6 is 0 Å². The maximum absolute atomic E-state index is 12.2. The first-order valence-corrected chi connectivity index (χ1v) is 7.45. The molecular weight excluding hydrogens is 250 g/mol. The van der Waals surface area contributed by atoms with Crippen molar-refractivity contribution in [3.8, 4) is 0 Å². The topological polar surface area (TPSA) is 52.3 Å². The van der Waals surface area contributed by atoms with Crippen LogP contribution in [0.1, 0.15) is 51.2 Å². The highest BCUT2D eigenvalue weighted by Gasteiger charge is 2.36. The zero-order valence-corrected chi connectivity index (χ0v) is 13.1. The molecule has 0 bridgehead atoms. The fourth-order valence-electron chi connectivity index (χ4n) is 2.34. The summed E-state index contributed by atoms with van der Waals surface area (Å²) in [5.74, 6) is 0.331. The van der Waals surface area contributed by atoms with Gasteiger partial charge in [0.1, 0.15) is 0 Å². The minimum absolute atomic E-state index is 0.182. The van der Waals surface area contributed by atoms with E-state index in [2.05, 4.69) is 38.1 Å². The van der Waals surface area contributed by atoms with Gasteiger partial charge in [0, 0.05) is 6.54 Å². The van der Waals surface area contributed by atoms with Crippen molar-refractivity contribution >= 4 is 5.97 Å². The molecule has 1 aromatic carbocycles. The molecule has 1 unspecified atom stereocenters. The smallest absolute Gasteiger partial charge is 0.313 e. The van der Waals surface area contributed by atoms with Crippen molar-refractivity contribution < 1.29 is 9.53 Å². The van der Waals surface area contributed by atoms with Gasteiger partial charge in [0.05, 0.1) is 12.0 Å². The number of hydrogen-bond acceptors (Lipinski definition) is 3. The second-order valence-electron chi connectivity index (χ2n) is 5.63. The van der Waals surface area contributed by atoms with E-state index in [1.54, 1.807) is 0 Å². The van der Waals surface area contributed by atoms with Crippen LogP contribution in [0.5, 0.6) is 0 Å². The summed E-state index contributed by atoms with van der Waals surface area (Å²) in [7, 11) is 0. The Hall–Kier alpha value is -1.35. The van der Waals surface area contributed by atoms with E-state index in [4.69, 9.17) is 10.5 Å². The highest BCUT2D eigenvalue weighted by atomic mass is 16.5. The lowest BCUT2D eigenvalue weighted by Crippen LogP contribution is -2.41. The second kappa shape index (κ2) is 7.44. The van der Waals surface area contributed by atoms with Crippen LogP contribution in [-0.2, 0) is 16.0 Å². The number of carbonyl (C=O) groups is 1. The summed E-state index contributed by atoms with van der Waals surface area (Å²) in [6.07, 6.45) is 1.32. The van der Waals surface area contributed by atoms with Crippen LogP contribution in [0, 0.1) is 5.41 Å². The standard InChI is InChI=1S/C17H27NO2/c1-5-17(12-18,16(19)20-6-2)11-14-7-9-15(10-8-14)13(3)4/h7-10,13H,5-6,11-12,18H2,1-4H3. The molecule has 1 atom stereocenters. The molecule has 20 heavy (non-hydrogen) atoms. The Morgan fingerprint density at radius 1 is 1.25 bits per heavy atom. The Morgan fingerprint density at radius 3 is 2.25 bits per heavy atom. The number of hydrogen-bond donors (Lipinski definition) is 1. The first kappa shape index (κ1) is 16.7. The maximum Gasteiger partial charge on any atom is 0.313 e. The Labute approximate surface area is 122 Å². The van der Waals surface area contributed by atoms with Gasteiger partial charge >= 0.3 is 5.97 Å². The summed E-state index contributed by atoms with van der Waals surface area (Å²) in [6.45, 7) is 8.87. The van der Waals surface area contributed by atoms with E-state index in [0.717, 1.165) is 5.56 Å². The lowest BCUT2D eigenvalue weighted by atomic mass is 9.79. The van der Waals surface area contributed by atoms with Crippen molar-refractivity contribution in [2.45, 2.75) is 46.5 Å². The Balaban J connectivity index is 2.92. The Kier molecular flexibility index (Phi) is 6.21. The van der Waals surface area contributed by atoms with E-state index >= 15 is 0 Å². The van der Waals surface area contributed by atoms with Gasteiger partial charge in [-0.15, -0.1) is 0 Å². The van der Waals surface area contributed by atoms with Crippen molar-refractivity contribution in [1.82, 2.24) is 0 Å². The molecule has 3 nitrogen and oxygen atoms in total. The van der Waals surface area contributed by atoms with Gasteiger partial charge in [-0.2, -0.15) is 0 Å². The summed E-state index contributed by atoms with van der Waals surface area (Å²) in [6, 6.07) is 8.44. The predicted octanol–water partition coefficient (Wildman–Crippen LogP) is 3.27. The van der Waals surface area contributed by atoms with Crippen molar-refractivity contribution in [1.29, 1.82) is 0 Å². The van der Waals surface area contributed by atoms with Crippen molar-refractivity contribution in [3.05, 3.63) is 35.4 Å². The third kappa shape index (κ3) is 3.83. The lowest BCUT2D eigenvalue weighted by molar-refractivity contribution is -0.155. The third-order valence-corrected chi connectivity index (χ3v) is 3.96. The van der Waals surface area contributed by atoms with Crippen LogP contribution in [-0.4, -0.2) is 19.1 Å². The van der Waals surface area contributed by atoms with Gasteiger partial charge in [0.15, 0.2) is 0 Å². The molecule has 0 aliphatic rings. The molecule has 0 aliphatic carbocycles. The molecule has 0 heterocycles. The monoisotopic (exact) mass is 277 g/mol. The molecule has 0 saturated heterocycles. The number of carbonyl (C=O) groups excluding carboxylic acids is 1. The van der Waals surface area contributed by atoms with Gasteiger partial charge < -0.3 is 10.5 Å². The summed E-state index contributed by atoms with van der Waals surface area (Å²) < 4.78 is 5.20. The first-order chi connectivity index (χ1) is 9.49. The van der Waals surface area contributed by atoms with Gasteiger partial charge in [0.25, 0.3) is 0 Å². The van der Waals surface area contributed by atoms with Crippen LogP contribution in [0.2, 0.25) is 0 Å². The summed E-state index contributed by atoms with van der Waals surface area (Å²) in [4.78, 5) is 12.2. The van der Waals surface area contributed by atoms with E-state index in [9.17, 15) is 4.79 Å². The fourth-order valence-corrected chi connectivity index (χ4v) is 2.34. The number of benzene rings is 1. The van der Waals surface area contributed by atoms with E-state index < -0.39 is 5.41 Å². The zero-order chi connectivity index (χ0) is 15.2. The van der Waals surface area contributed by atoms with Crippen LogP contribution < -0.4 is 5.73 Å². The maximum atomic E-state index is 12.2. The minimum atomic E-state index is -0.602. The molecule has 1 rings (SSSR count). The molecule has 0 spiro atoms. The van der Waals surface area contributed by atoms with Gasteiger partial charge in [-0.1, -0.05) is 45.0 Å². The van der Waals surface area contributed by atoms with Crippen molar-refractivity contribution in [2.24, 2.45) is 11.1 Å². The zero-order valence-electron chi connectivity index (χ0n) is 13.1. The minimum Gasteiger partial charge on any atom is -0.466 e.